The summed E-state index contributed by atoms with van der Waals surface area (Å²) in [4.78, 5) is 18.2. The molecule has 0 radical (unpaired) electrons. The molecule has 1 unspecified atom stereocenters. The maximum Gasteiger partial charge on any atom is 0.341 e. The summed E-state index contributed by atoms with van der Waals surface area (Å²) in [5.74, 6) is 1.04. The van der Waals surface area contributed by atoms with Gasteiger partial charge in [-0.3, -0.25) is 4.98 Å². The molecular formula is C33H37N3O3. The molecule has 1 saturated carbocycles. The largest absolute Gasteiger partial charge is 0.493 e. The van der Waals surface area contributed by atoms with E-state index in [1.807, 2.05) is 13.0 Å². The number of carbonyl (C=O) groups is 1. The lowest BCUT2D eigenvalue weighted by atomic mass is 9.80. The van der Waals surface area contributed by atoms with Gasteiger partial charge in [-0.25, -0.2) is 4.79 Å². The molecule has 202 valence electrons. The second kappa shape index (κ2) is 10.4. The van der Waals surface area contributed by atoms with Crippen molar-refractivity contribution in [1.82, 2.24) is 9.55 Å². The smallest absolute Gasteiger partial charge is 0.341 e. The Labute approximate surface area is 230 Å². The molecule has 0 saturated heterocycles. The Balaban J connectivity index is 1.55. The van der Waals surface area contributed by atoms with E-state index in [1.165, 1.54) is 32.1 Å². The third kappa shape index (κ3) is 4.17. The van der Waals surface area contributed by atoms with Crippen molar-refractivity contribution in [2.24, 2.45) is 5.92 Å². The van der Waals surface area contributed by atoms with Crippen LogP contribution in [0.4, 0.5) is 5.69 Å². The van der Waals surface area contributed by atoms with E-state index in [9.17, 15) is 4.79 Å². The van der Waals surface area contributed by atoms with E-state index in [4.69, 9.17) is 14.5 Å². The van der Waals surface area contributed by atoms with Gasteiger partial charge in [0.25, 0.3) is 0 Å². The maximum atomic E-state index is 13.4. The average molecular weight is 524 g/mol. The standard InChI is InChI=1S/C33H37N3O3/c1-4-36-22(3)30(25-14-9-10-16-28(25)36)33(31-26(32(37)39-33)15-11-19-34-31)27-18-17-24(20-29(27)38-5-2)35-21-23-12-7-6-8-13-23/h9-11,14-20,23,35H,4-8,12-13,21H2,1-3H3. The van der Waals surface area contributed by atoms with Gasteiger partial charge in [-0.05, 0) is 69.9 Å². The molecule has 1 aliphatic carbocycles. The number of aromatic nitrogens is 2. The number of nitrogens with zero attached hydrogens (tertiary/aromatic N) is 2. The van der Waals surface area contributed by atoms with Crippen LogP contribution >= 0.6 is 0 Å². The first kappa shape index (κ1) is 25.5. The fraction of sp³-hybridized carbons (Fsp3) is 0.394. The quantitative estimate of drug-likeness (QED) is 0.247. The topological polar surface area (TPSA) is 65.4 Å². The first-order valence-electron chi connectivity index (χ1n) is 14.4. The molecule has 39 heavy (non-hydrogen) atoms. The van der Waals surface area contributed by atoms with E-state index in [0.29, 0.717) is 29.5 Å². The third-order valence-corrected chi connectivity index (χ3v) is 8.49. The Morgan fingerprint density at radius 2 is 1.90 bits per heavy atom. The summed E-state index contributed by atoms with van der Waals surface area (Å²) in [6, 6.07) is 18.1. The van der Waals surface area contributed by atoms with Crippen LogP contribution in [0.5, 0.6) is 5.75 Å². The number of fused-ring (bicyclic) bond motifs is 2. The second-order valence-electron chi connectivity index (χ2n) is 10.7. The zero-order valence-corrected chi connectivity index (χ0v) is 23.1. The normalized spacial score (nSPS) is 19.2. The second-order valence-corrected chi connectivity index (χ2v) is 10.7. The van der Waals surface area contributed by atoms with Crippen LogP contribution in [0.1, 0.15) is 78.8 Å². The average Bonchev–Trinajstić information content (AvgIpc) is 3.43. The molecule has 6 rings (SSSR count). The molecule has 3 heterocycles. The van der Waals surface area contributed by atoms with Gasteiger partial charge in [0.05, 0.1) is 12.2 Å². The number of ether oxygens (including phenoxy) is 2. The Morgan fingerprint density at radius 1 is 1.08 bits per heavy atom. The SMILES string of the molecule is CCOc1cc(NCC2CCCCC2)ccc1C1(c2c(C)n(CC)c3ccccc23)OC(=O)c2cccnc21. The number of cyclic esters (lactones) is 1. The highest BCUT2D eigenvalue weighted by Gasteiger charge is 2.53. The number of benzene rings is 2. The molecule has 4 aromatic rings. The van der Waals surface area contributed by atoms with Crippen molar-refractivity contribution in [3.63, 3.8) is 0 Å². The van der Waals surface area contributed by atoms with E-state index in [1.54, 1.807) is 18.3 Å². The third-order valence-electron chi connectivity index (χ3n) is 8.49. The Kier molecular flexibility index (Phi) is 6.79. The van der Waals surface area contributed by atoms with Gasteiger partial charge in [0, 0.05) is 58.8 Å². The summed E-state index contributed by atoms with van der Waals surface area (Å²) >= 11 is 0. The van der Waals surface area contributed by atoms with Crippen LogP contribution in [0.15, 0.2) is 60.8 Å². The van der Waals surface area contributed by atoms with Crippen molar-refractivity contribution >= 4 is 22.6 Å². The number of nitrogens with one attached hydrogen (secondary N) is 1. The van der Waals surface area contributed by atoms with Crippen LogP contribution < -0.4 is 10.1 Å². The van der Waals surface area contributed by atoms with Crippen molar-refractivity contribution in [2.75, 3.05) is 18.5 Å². The number of hydrogen-bond acceptors (Lipinski definition) is 5. The van der Waals surface area contributed by atoms with E-state index in [-0.39, 0.29) is 5.97 Å². The van der Waals surface area contributed by atoms with E-state index < -0.39 is 5.60 Å². The fourth-order valence-corrected chi connectivity index (χ4v) is 6.71. The number of aryl methyl sites for hydroxylation is 1. The summed E-state index contributed by atoms with van der Waals surface area (Å²) in [5.41, 5.74) is 4.77. The van der Waals surface area contributed by atoms with Crippen molar-refractivity contribution < 1.29 is 14.3 Å². The van der Waals surface area contributed by atoms with Crippen molar-refractivity contribution in [1.29, 1.82) is 0 Å². The molecule has 0 bridgehead atoms. The summed E-state index contributed by atoms with van der Waals surface area (Å²) in [7, 11) is 0. The Morgan fingerprint density at radius 3 is 2.69 bits per heavy atom. The van der Waals surface area contributed by atoms with Gasteiger partial charge in [-0.1, -0.05) is 37.5 Å². The molecule has 0 amide bonds. The van der Waals surface area contributed by atoms with Crippen LogP contribution in [0.25, 0.3) is 10.9 Å². The van der Waals surface area contributed by atoms with E-state index in [0.717, 1.165) is 46.5 Å². The van der Waals surface area contributed by atoms with Gasteiger partial charge in [0.1, 0.15) is 11.4 Å². The minimum atomic E-state index is -1.23. The van der Waals surface area contributed by atoms with Crippen molar-refractivity contribution in [2.45, 2.75) is 65.0 Å². The number of rotatable bonds is 8. The number of carbonyl (C=O) groups excluding carboxylic acids is 1. The predicted octanol–water partition coefficient (Wildman–Crippen LogP) is 7.22. The van der Waals surface area contributed by atoms with Crippen molar-refractivity contribution in [3.05, 3.63) is 88.9 Å². The monoisotopic (exact) mass is 523 g/mol. The molecule has 2 aromatic carbocycles. The van der Waals surface area contributed by atoms with Gasteiger partial charge >= 0.3 is 5.97 Å². The predicted molar refractivity (Wildman–Crippen MR) is 155 cm³/mol. The van der Waals surface area contributed by atoms with Gasteiger partial charge < -0.3 is 19.4 Å². The maximum absolute atomic E-state index is 13.4. The van der Waals surface area contributed by atoms with E-state index in [2.05, 4.69) is 60.1 Å². The van der Waals surface area contributed by atoms with Crippen LogP contribution in [0, 0.1) is 12.8 Å². The lowest BCUT2D eigenvalue weighted by molar-refractivity contribution is 0.0238. The first-order valence-corrected chi connectivity index (χ1v) is 14.4. The number of pyridine rings is 1. The molecule has 0 spiro atoms. The lowest BCUT2D eigenvalue weighted by Gasteiger charge is -2.31. The van der Waals surface area contributed by atoms with Gasteiger partial charge in [-0.2, -0.15) is 0 Å². The Bertz CT molecular complexity index is 1520. The number of esters is 1. The summed E-state index contributed by atoms with van der Waals surface area (Å²) in [5, 5.41) is 4.70. The van der Waals surface area contributed by atoms with Crippen LogP contribution in [0.3, 0.4) is 0 Å². The minimum Gasteiger partial charge on any atom is -0.493 e. The van der Waals surface area contributed by atoms with Gasteiger partial charge in [-0.15, -0.1) is 0 Å². The van der Waals surface area contributed by atoms with Crippen LogP contribution in [-0.4, -0.2) is 28.7 Å². The molecule has 6 heteroatoms. The zero-order chi connectivity index (χ0) is 27.0. The number of hydrogen-bond donors (Lipinski definition) is 1. The van der Waals surface area contributed by atoms with Crippen LogP contribution in [-0.2, 0) is 16.9 Å². The highest BCUT2D eigenvalue weighted by atomic mass is 16.6. The molecule has 1 aliphatic heterocycles. The molecule has 2 aromatic heterocycles. The summed E-state index contributed by atoms with van der Waals surface area (Å²) in [6.45, 7) is 8.48. The fourth-order valence-electron chi connectivity index (χ4n) is 6.71. The van der Waals surface area contributed by atoms with Gasteiger partial charge in [0.2, 0.25) is 5.60 Å². The first-order chi connectivity index (χ1) is 19.1. The highest BCUT2D eigenvalue weighted by molar-refractivity contribution is 5.98. The number of para-hydroxylation sites is 1. The lowest BCUT2D eigenvalue weighted by Crippen LogP contribution is -2.32. The molecule has 1 atom stereocenters. The molecule has 2 aliphatic rings. The summed E-state index contributed by atoms with van der Waals surface area (Å²) in [6.07, 6.45) is 8.30. The molecular weight excluding hydrogens is 486 g/mol. The van der Waals surface area contributed by atoms with E-state index >= 15 is 0 Å². The summed E-state index contributed by atoms with van der Waals surface area (Å²) < 4.78 is 15.1. The molecule has 1 fully saturated rings. The Hall–Kier alpha value is -3.80. The molecule has 6 nitrogen and oxygen atoms in total. The van der Waals surface area contributed by atoms with Crippen molar-refractivity contribution in [3.8, 4) is 5.75 Å². The number of anilines is 1. The minimum absolute atomic E-state index is 0.368. The van der Waals surface area contributed by atoms with Crippen LogP contribution in [0.2, 0.25) is 0 Å². The van der Waals surface area contributed by atoms with Gasteiger partial charge in [0.15, 0.2) is 0 Å². The highest BCUT2D eigenvalue weighted by Crippen LogP contribution is 2.52. The molecule has 1 N–H and O–H groups in total. The zero-order valence-electron chi connectivity index (χ0n) is 23.1.